The summed E-state index contributed by atoms with van der Waals surface area (Å²) in [5.74, 6) is 1.03. The highest BCUT2D eigenvalue weighted by atomic mass is 31.2. The van der Waals surface area contributed by atoms with Crippen molar-refractivity contribution in [1.82, 2.24) is 10.5 Å². The van der Waals surface area contributed by atoms with Crippen LogP contribution >= 0.6 is 15.2 Å². The predicted octanol–water partition coefficient (Wildman–Crippen LogP) is 9.51. The number of hydrogen-bond donors (Lipinski definition) is 4. The molecule has 0 spiro atoms. The number of hydrogen-bond acceptors (Lipinski definition) is 14. The maximum atomic E-state index is 12.3. The van der Waals surface area contributed by atoms with Gasteiger partial charge in [-0.1, -0.05) is 46.5 Å². The summed E-state index contributed by atoms with van der Waals surface area (Å²) >= 11 is 0. The molecule has 2 unspecified atom stereocenters. The number of urea groups is 1. The molecule has 5 N–H and O–H groups in total. The minimum atomic E-state index is -3.28. The quantitative estimate of drug-likeness (QED) is 0.0260. The number of nitrogens with zero attached hydrogens (tertiary/aromatic N) is 2. The van der Waals surface area contributed by atoms with E-state index in [1.807, 2.05) is 38.7 Å². The van der Waals surface area contributed by atoms with Crippen LogP contribution in [0, 0.1) is 0 Å². The van der Waals surface area contributed by atoms with Crippen molar-refractivity contribution in [3.63, 3.8) is 0 Å². The fourth-order valence-electron chi connectivity index (χ4n) is 3.56. The van der Waals surface area contributed by atoms with Gasteiger partial charge in [0.1, 0.15) is 11.5 Å². The van der Waals surface area contributed by atoms with Crippen LogP contribution in [0.3, 0.4) is 0 Å². The van der Waals surface area contributed by atoms with Gasteiger partial charge in [0.15, 0.2) is 20.9 Å². The molecule has 2 aromatic rings. The van der Waals surface area contributed by atoms with Crippen molar-refractivity contribution in [1.29, 1.82) is 0 Å². The lowest BCUT2D eigenvalue weighted by molar-refractivity contribution is -0.0710. The summed E-state index contributed by atoms with van der Waals surface area (Å²) in [5, 5.41) is 18.8. The topological polar surface area (TPSA) is 218 Å². The van der Waals surface area contributed by atoms with Crippen LogP contribution in [-0.2, 0) is 32.0 Å². The van der Waals surface area contributed by atoms with Crippen LogP contribution in [0.4, 0.5) is 4.79 Å². The number of ether oxygens (including phenoxy) is 2. The summed E-state index contributed by atoms with van der Waals surface area (Å²) in [6.07, 6.45) is 1.22. The van der Waals surface area contributed by atoms with Crippen LogP contribution in [0.1, 0.15) is 87.0 Å². The third-order valence-corrected chi connectivity index (χ3v) is 10.3. The Morgan fingerprint density at radius 2 is 1.13 bits per heavy atom. The van der Waals surface area contributed by atoms with E-state index in [-0.39, 0.29) is 54.2 Å². The van der Waals surface area contributed by atoms with Crippen molar-refractivity contribution in [3.8, 4) is 11.5 Å². The van der Waals surface area contributed by atoms with Gasteiger partial charge in [-0.05, 0) is 96.6 Å². The normalized spacial score (nSPS) is 11.8. The van der Waals surface area contributed by atoms with Gasteiger partial charge in [0.2, 0.25) is 6.08 Å². The molecule has 0 saturated carbocycles. The number of amides is 2. The maximum Gasteiger partial charge on any atom is 0.367 e. The van der Waals surface area contributed by atoms with E-state index < -0.39 is 35.5 Å². The molecule has 0 aliphatic rings. The fourth-order valence-corrected chi connectivity index (χ4v) is 6.47. The molecule has 308 valence electrons. The Bertz CT molecular complexity index is 1370. The monoisotopic (exact) mass is 812 g/mol. The van der Waals surface area contributed by atoms with E-state index in [2.05, 4.69) is 10.1 Å². The molecule has 2 atom stereocenters. The molecule has 16 nitrogen and oxygen atoms in total. The summed E-state index contributed by atoms with van der Waals surface area (Å²) < 4.78 is 59.5. The zero-order valence-corrected chi connectivity index (χ0v) is 33.1. The lowest BCUT2D eigenvalue weighted by Crippen LogP contribution is -2.34. The number of nitrogens with one attached hydrogen (secondary N) is 1. The molecule has 2 amide bonds. The highest BCUT2D eigenvalue weighted by molar-refractivity contribution is 7.53. The molecule has 19 heteroatoms. The first kappa shape index (κ1) is 56.8. The second kappa shape index (κ2) is 29.4. The van der Waals surface area contributed by atoms with Gasteiger partial charge in [-0.3, -0.25) is 14.3 Å². The zero-order valence-electron chi connectivity index (χ0n) is 30.4. The Balaban J connectivity index is -0.000000368. The van der Waals surface area contributed by atoms with Crippen LogP contribution in [0.2, 0.25) is 19.6 Å². The van der Waals surface area contributed by atoms with Gasteiger partial charge in [0, 0.05) is 0 Å². The minimum absolute atomic E-state index is 0. The van der Waals surface area contributed by atoms with E-state index in [4.69, 9.17) is 38.5 Å². The first-order valence-electron chi connectivity index (χ1n) is 15.9. The molecule has 0 aliphatic carbocycles. The molecule has 2 rings (SSSR count). The number of benzene rings is 2. The Morgan fingerprint density at radius 3 is 1.38 bits per heavy atom. The molecular weight excluding hydrogens is 746 g/mol. The first-order chi connectivity index (χ1) is 23.4. The molecule has 0 saturated heterocycles. The number of hydroxylamine groups is 3. The standard InChI is InChI=1S/C14H23N2O6P.C13H22NO5P.C4H9NOSi.3CH4/c1-4-21-23(19,22-5-2)10-20-13-8-6-12(7-9-13)11(3)16(18)14(15)17;1-4-18-20(16,19-5-2)10-17-13-8-6-12(7-9-13)11(3)14-15;1-7(2,3)5-4-6;;;/h6-9,11,18H,4-5,10H2,1-3H3,(H2,15,17);6-9,11,14-15H,4-5,10H2,1-3H3;1-3H3;3*1H4. The van der Waals surface area contributed by atoms with Crippen LogP contribution in [0.25, 0.3) is 0 Å². The Labute approximate surface area is 318 Å². The number of carbonyl (C=O) groups is 1. The molecule has 0 aliphatic heterocycles. The lowest BCUT2D eigenvalue weighted by Gasteiger charge is -2.21. The van der Waals surface area contributed by atoms with Crippen molar-refractivity contribution in [2.45, 2.75) is 95.5 Å². The van der Waals surface area contributed by atoms with E-state index in [0.717, 1.165) is 5.56 Å². The van der Waals surface area contributed by atoms with Crippen molar-refractivity contribution >= 4 is 35.5 Å². The number of isocyanates is 1. The highest BCUT2D eigenvalue weighted by Gasteiger charge is 2.26. The molecule has 0 aromatic heterocycles. The Hall–Kier alpha value is -2.91. The van der Waals surface area contributed by atoms with Crippen molar-refractivity contribution in [2.24, 2.45) is 10.4 Å². The van der Waals surface area contributed by atoms with Crippen molar-refractivity contribution < 1.29 is 56.7 Å². The lowest BCUT2D eigenvalue weighted by atomic mass is 10.1. The van der Waals surface area contributed by atoms with Gasteiger partial charge in [-0.2, -0.15) is 10.5 Å². The van der Waals surface area contributed by atoms with Gasteiger partial charge in [0.25, 0.3) is 0 Å². The molecule has 2 aromatic carbocycles. The van der Waals surface area contributed by atoms with Gasteiger partial charge >= 0.3 is 21.2 Å². The molecule has 0 bridgehead atoms. The average molecular weight is 813 g/mol. The van der Waals surface area contributed by atoms with Crippen molar-refractivity contribution in [2.75, 3.05) is 39.1 Å². The van der Waals surface area contributed by atoms with Crippen LogP contribution in [0.5, 0.6) is 11.5 Å². The third-order valence-electron chi connectivity index (χ3n) is 5.99. The first-order valence-corrected chi connectivity index (χ1v) is 22.8. The summed E-state index contributed by atoms with van der Waals surface area (Å²) in [4.78, 5) is 20.5. The SMILES string of the molecule is C.C.C.CCOP(=O)(COc1ccc(C(C)N(O)C(N)=O)cc1)OCC.CCOP(=O)(COc1ccc(C(C)NO)cc1)OCC.C[Si](C)(C)N=C=O. The van der Waals surface area contributed by atoms with E-state index >= 15 is 0 Å². The molecule has 0 fully saturated rings. The maximum absolute atomic E-state index is 12.3. The summed E-state index contributed by atoms with van der Waals surface area (Å²) in [6.45, 7) is 17.5. The number of rotatable bonds is 19. The summed E-state index contributed by atoms with van der Waals surface area (Å²) in [7, 11) is -7.93. The summed E-state index contributed by atoms with van der Waals surface area (Å²) in [6, 6.07) is 12.0. The number of nitrogens with two attached hydrogens (primary N) is 1. The molecule has 0 radical (unpaired) electrons. The second-order valence-corrected chi connectivity index (χ2v) is 19.7. The average Bonchev–Trinajstić information content (AvgIpc) is 3.06. The molecular formula is C34H66N4O12P2Si. The largest absolute Gasteiger partial charge is 0.481 e. The summed E-state index contributed by atoms with van der Waals surface area (Å²) in [5.41, 5.74) is 8.75. The van der Waals surface area contributed by atoms with Crippen LogP contribution < -0.4 is 20.7 Å². The smallest absolute Gasteiger partial charge is 0.367 e. The van der Waals surface area contributed by atoms with Gasteiger partial charge < -0.3 is 38.5 Å². The van der Waals surface area contributed by atoms with E-state index in [9.17, 15) is 23.9 Å². The minimum Gasteiger partial charge on any atom is -0.481 e. The predicted molar refractivity (Wildman–Crippen MR) is 212 cm³/mol. The van der Waals surface area contributed by atoms with E-state index in [0.29, 0.717) is 35.3 Å². The zero-order chi connectivity index (χ0) is 38.4. The fraction of sp³-hybridized carbons (Fsp3) is 0.588. The van der Waals surface area contributed by atoms with Gasteiger partial charge in [0.05, 0.1) is 38.5 Å². The van der Waals surface area contributed by atoms with Gasteiger partial charge in [-0.15, -0.1) is 0 Å². The van der Waals surface area contributed by atoms with Gasteiger partial charge in [-0.25, -0.2) is 14.2 Å². The van der Waals surface area contributed by atoms with Crippen LogP contribution in [0.15, 0.2) is 53.2 Å². The van der Waals surface area contributed by atoms with Crippen molar-refractivity contribution in [3.05, 3.63) is 59.7 Å². The van der Waals surface area contributed by atoms with E-state index in [1.165, 1.54) is 0 Å². The number of carbonyl (C=O) groups excluding carboxylic acids is 2. The Kier molecular flexibility index (Phi) is 31.6. The second-order valence-electron chi connectivity index (χ2n) is 11.2. The molecule has 53 heavy (non-hydrogen) atoms. The van der Waals surface area contributed by atoms with E-state index in [1.54, 1.807) is 77.1 Å². The number of primary amides is 1. The Morgan fingerprint density at radius 1 is 0.792 bits per heavy atom. The van der Waals surface area contributed by atoms with Crippen LogP contribution in [-0.4, -0.2) is 74.9 Å². The highest BCUT2D eigenvalue weighted by Crippen LogP contribution is 2.48. The molecule has 0 heterocycles. The third kappa shape index (κ3) is 24.2.